The molecule has 0 amide bonds. The number of carboxylic acid groups (broad SMARTS) is 1. The van der Waals surface area contributed by atoms with Gasteiger partial charge in [0, 0.05) is 11.1 Å². The molecule has 1 aromatic heterocycles. The number of benzene rings is 3. The van der Waals surface area contributed by atoms with Gasteiger partial charge in [-0.2, -0.15) is 14.0 Å². The average molecular weight is 608 g/mol. The van der Waals surface area contributed by atoms with E-state index in [1.807, 2.05) is 24.3 Å². The summed E-state index contributed by atoms with van der Waals surface area (Å²) in [5.74, 6) is 0.161. The molecule has 4 rings (SSSR count). The predicted molar refractivity (Wildman–Crippen MR) is 184 cm³/mol. The number of aliphatic carboxylic acids is 1. The SMILES string of the molecule is CCCCC(CC)Cc1cc(CC(CC)CCCC)cc(-c2ccc(-c3ccc(/C=C(\C#N)C(=O)O)cc3)c3nsnc23)c1. The van der Waals surface area contributed by atoms with E-state index in [1.165, 1.54) is 85.9 Å². The van der Waals surface area contributed by atoms with Gasteiger partial charge in [-0.1, -0.05) is 134 Å². The molecule has 0 aliphatic carbocycles. The molecule has 1 heterocycles. The van der Waals surface area contributed by atoms with Gasteiger partial charge in [-0.3, -0.25) is 0 Å². The van der Waals surface area contributed by atoms with Crippen molar-refractivity contribution in [1.82, 2.24) is 8.75 Å². The molecule has 0 aliphatic rings. The van der Waals surface area contributed by atoms with Crippen LogP contribution in [0.1, 0.15) is 95.8 Å². The number of nitriles is 1. The molecule has 0 bridgehead atoms. The van der Waals surface area contributed by atoms with Crippen LogP contribution in [0.4, 0.5) is 0 Å². The highest BCUT2D eigenvalue weighted by Crippen LogP contribution is 2.36. The van der Waals surface area contributed by atoms with E-state index in [-0.39, 0.29) is 5.57 Å². The summed E-state index contributed by atoms with van der Waals surface area (Å²) in [5.41, 5.74) is 9.29. The zero-order chi connectivity index (χ0) is 31.5. The summed E-state index contributed by atoms with van der Waals surface area (Å²) in [6, 6.07) is 20.8. The van der Waals surface area contributed by atoms with E-state index in [9.17, 15) is 9.90 Å². The summed E-state index contributed by atoms with van der Waals surface area (Å²) in [6.07, 6.45) is 13.6. The summed E-state index contributed by atoms with van der Waals surface area (Å²) in [4.78, 5) is 11.2. The minimum atomic E-state index is -1.23. The van der Waals surface area contributed by atoms with Crippen molar-refractivity contribution < 1.29 is 9.90 Å². The smallest absolute Gasteiger partial charge is 0.346 e. The molecule has 2 unspecified atom stereocenters. The number of rotatable bonds is 16. The summed E-state index contributed by atoms with van der Waals surface area (Å²) in [7, 11) is 0. The van der Waals surface area contributed by atoms with Crippen LogP contribution in [0.5, 0.6) is 0 Å². The van der Waals surface area contributed by atoms with Crippen molar-refractivity contribution in [1.29, 1.82) is 5.26 Å². The Hall–Kier alpha value is -3.82. The van der Waals surface area contributed by atoms with Gasteiger partial charge in [0.1, 0.15) is 22.7 Å². The van der Waals surface area contributed by atoms with E-state index in [0.717, 1.165) is 40.6 Å². The van der Waals surface area contributed by atoms with Crippen molar-refractivity contribution >= 4 is 34.8 Å². The molecule has 3 aromatic carbocycles. The van der Waals surface area contributed by atoms with Gasteiger partial charge >= 0.3 is 5.97 Å². The Balaban J connectivity index is 1.73. The molecule has 0 saturated carbocycles. The molecule has 0 spiro atoms. The second kappa shape index (κ2) is 16.3. The number of unbranched alkanes of at least 4 members (excludes halogenated alkanes) is 2. The Kier molecular flexibility index (Phi) is 12.3. The van der Waals surface area contributed by atoms with Crippen molar-refractivity contribution in [3.63, 3.8) is 0 Å². The van der Waals surface area contributed by atoms with E-state index in [0.29, 0.717) is 17.4 Å². The molecular formula is C38H45N3O2S. The summed E-state index contributed by atoms with van der Waals surface area (Å²) in [5, 5.41) is 18.3. The standard InChI is InChI=1S/C38H45N3O2S/c1-5-9-11-26(7-3)19-29-21-30(20-27(8-4)12-10-6-2)24-32(23-29)35-18-17-34(36-37(35)41-44-40-36)31-15-13-28(14-16-31)22-33(25-39)38(42)43/h13-18,21-24,26-27H,5-12,19-20H2,1-4H3,(H,42,43)/b33-22+. The largest absolute Gasteiger partial charge is 0.477 e. The second-order valence-corrected chi connectivity index (χ2v) is 12.5. The van der Waals surface area contributed by atoms with Gasteiger partial charge in [-0.05, 0) is 58.6 Å². The molecule has 5 nitrogen and oxygen atoms in total. The molecule has 1 N–H and O–H groups in total. The molecule has 0 fully saturated rings. The fraction of sp³-hybridized carbons (Fsp3) is 0.421. The van der Waals surface area contributed by atoms with Crippen molar-refractivity contribution in [2.75, 3.05) is 0 Å². The van der Waals surface area contributed by atoms with Crippen LogP contribution in [-0.2, 0) is 17.6 Å². The number of fused-ring (bicyclic) bond motifs is 1. The molecule has 0 radical (unpaired) electrons. The second-order valence-electron chi connectivity index (χ2n) is 12.0. The number of nitrogens with zero attached hydrogens (tertiary/aromatic N) is 3. The molecule has 4 aromatic rings. The lowest BCUT2D eigenvalue weighted by Crippen LogP contribution is -2.07. The van der Waals surface area contributed by atoms with Gasteiger partial charge in [0.2, 0.25) is 0 Å². The third-order valence-corrected chi connectivity index (χ3v) is 9.33. The van der Waals surface area contributed by atoms with Gasteiger partial charge < -0.3 is 5.11 Å². The van der Waals surface area contributed by atoms with Crippen LogP contribution in [0.3, 0.4) is 0 Å². The van der Waals surface area contributed by atoms with E-state index in [4.69, 9.17) is 14.0 Å². The molecule has 0 saturated heterocycles. The van der Waals surface area contributed by atoms with Gasteiger partial charge in [-0.25, -0.2) is 4.79 Å². The molecule has 6 heteroatoms. The number of hydrogen-bond acceptors (Lipinski definition) is 5. The minimum absolute atomic E-state index is 0.291. The molecule has 230 valence electrons. The van der Waals surface area contributed by atoms with Crippen LogP contribution in [0.2, 0.25) is 0 Å². The first-order valence-corrected chi connectivity index (χ1v) is 17.0. The van der Waals surface area contributed by atoms with Crippen LogP contribution in [0, 0.1) is 23.2 Å². The van der Waals surface area contributed by atoms with E-state index < -0.39 is 5.97 Å². The number of carboxylic acids is 1. The van der Waals surface area contributed by atoms with E-state index in [1.54, 1.807) is 6.07 Å². The zero-order valence-electron chi connectivity index (χ0n) is 26.6. The number of hydrogen-bond donors (Lipinski definition) is 1. The van der Waals surface area contributed by atoms with Crippen molar-refractivity contribution in [2.24, 2.45) is 11.8 Å². The lowest BCUT2D eigenvalue weighted by Gasteiger charge is -2.19. The highest BCUT2D eigenvalue weighted by molar-refractivity contribution is 7.00. The lowest BCUT2D eigenvalue weighted by atomic mass is 9.86. The Morgan fingerprint density at radius 2 is 1.34 bits per heavy atom. The predicted octanol–water partition coefficient (Wildman–Crippen LogP) is 10.5. The number of aromatic nitrogens is 2. The fourth-order valence-corrected chi connectivity index (χ4v) is 6.68. The third kappa shape index (κ3) is 8.42. The van der Waals surface area contributed by atoms with Gasteiger partial charge in [0.05, 0.1) is 11.7 Å². The summed E-state index contributed by atoms with van der Waals surface area (Å²) >= 11 is 1.23. The normalized spacial score (nSPS) is 13.1. The van der Waals surface area contributed by atoms with E-state index >= 15 is 0 Å². The quantitative estimate of drug-likeness (QED) is 0.101. The fourth-order valence-electron chi connectivity index (χ4n) is 6.11. The highest BCUT2D eigenvalue weighted by Gasteiger charge is 2.17. The Labute approximate surface area is 267 Å². The maximum atomic E-state index is 11.2. The lowest BCUT2D eigenvalue weighted by molar-refractivity contribution is -0.132. The van der Waals surface area contributed by atoms with Crippen molar-refractivity contribution in [3.8, 4) is 28.3 Å². The minimum Gasteiger partial charge on any atom is -0.477 e. The Morgan fingerprint density at radius 3 is 1.80 bits per heavy atom. The van der Waals surface area contributed by atoms with E-state index in [2.05, 4.69) is 58.0 Å². The topological polar surface area (TPSA) is 86.9 Å². The van der Waals surface area contributed by atoms with Crippen molar-refractivity contribution in [3.05, 3.63) is 76.9 Å². The van der Waals surface area contributed by atoms with Gasteiger partial charge in [-0.15, -0.1) is 0 Å². The highest BCUT2D eigenvalue weighted by atomic mass is 32.1. The maximum Gasteiger partial charge on any atom is 0.346 e. The van der Waals surface area contributed by atoms with Crippen LogP contribution < -0.4 is 0 Å². The van der Waals surface area contributed by atoms with Crippen molar-refractivity contribution in [2.45, 2.75) is 91.9 Å². The molecular weight excluding hydrogens is 563 g/mol. The van der Waals surface area contributed by atoms with Crippen LogP contribution >= 0.6 is 11.7 Å². The molecule has 2 atom stereocenters. The first kappa shape index (κ1) is 33.1. The summed E-state index contributed by atoms with van der Waals surface area (Å²) in [6.45, 7) is 9.20. The summed E-state index contributed by atoms with van der Waals surface area (Å²) < 4.78 is 9.50. The maximum absolute atomic E-state index is 11.2. The van der Waals surface area contributed by atoms with Crippen LogP contribution in [0.25, 0.3) is 39.4 Å². The Bertz CT molecular complexity index is 1580. The first-order valence-electron chi connectivity index (χ1n) is 16.2. The van der Waals surface area contributed by atoms with Crippen LogP contribution in [0.15, 0.2) is 60.2 Å². The monoisotopic (exact) mass is 607 g/mol. The first-order chi connectivity index (χ1) is 21.4. The zero-order valence-corrected chi connectivity index (χ0v) is 27.4. The molecule has 0 aliphatic heterocycles. The van der Waals surface area contributed by atoms with Gasteiger partial charge in [0.25, 0.3) is 0 Å². The Morgan fingerprint density at radius 1 is 0.818 bits per heavy atom. The number of carbonyl (C=O) groups is 1. The van der Waals surface area contributed by atoms with Crippen LogP contribution in [-0.4, -0.2) is 19.8 Å². The average Bonchev–Trinajstić information content (AvgIpc) is 3.53. The molecule has 44 heavy (non-hydrogen) atoms. The third-order valence-electron chi connectivity index (χ3n) is 8.80. The van der Waals surface area contributed by atoms with Gasteiger partial charge in [0.15, 0.2) is 0 Å².